The minimum absolute atomic E-state index is 0.00205. The van der Waals surface area contributed by atoms with E-state index in [9.17, 15) is 9.90 Å². The smallest absolute Gasteiger partial charge is 0.306 e. The average Bonchev–Trinajstić information content (AvgIpc) is 3.96. The molecule has 1 N–H and O–H groups in total. The lowest BCUT2D eigenvalue weighted by Crippen LogP contribution is -2.40. The molecule has 7 heteroatoms. The zero-order valence-electron chi connectivity index (χ0n) is 25.2. The summed E-state index contributed by atoms with van der Waals surface area (Å²) in [6.45, 7) is 3.64. The van der Waals surface area contributed by atoms with Gasteiger partial charge in [0.05, 0.1) is 13.0 Å². The molecule has 3 heterocycles. The molecular formula is C36H41FN2O4. The second kappa shape index (κ2) is 11.2. The van der Waals surface area contributed by atoms with E-state index in [1.54, 1.807) is 13.2 Å². The van der Waals surface area contributed by atoms with Crippen LogP contribution in [-0.4, -0.2) is 40.2 Å². The number of benzene rings is 2. The van der Waals surface area contributed by atoms with Crippen molar-refractivity contribution in [2.75, 3.05) is 13.7 Å². The van der Waals surface area contributed by atoms with Gasteiger partial charge in [0.1, 0.15) is 23.4 Å². The number of rotatable bonds is 9. The maximum absolute atomic E-state index is 15.2. The molecule has 3 atom stereocenters. The molecular weight excluding hydrogens is 543 g/mol. The van der Waals surface area contributed by atoms with Crippen LogP contribution < -0.4 is 9.47 Å². The molecule has 3 fully saturated rings. The van der Waals surface area contributed by atoms with Gasteiger partial charge in [0.15, 0.2) is 0 Å². The zero-order chi connectivity index (χ0) is 29.7. The van der Waals surface area contributed by atoms with E-state index < -0.39 is 11.9 Å². The van der Waals surface area contributed by atoms with E-state index in [0.29, 0.717) is 23.0 Å². The molecule has 2 aromatic carbocycles. The van der Waals surface area contributed by atoms with Crippen molar-refractivity contribution in [3.8, 4) is 22.9 Å². The highest BCUT2D eigenvalue weighted by Crippen LogP contribution is 2.50. The van der Waals surface area contributed by atoms with E-state index in [2.05, 4.69) is 40.2 Å². The number of aryl methyl sites for hydroxylation is 1. The Balaban J connectivity index is 1.21. The number of carboxylic acids is 1. The van der Waals surface area contributed by atoms with Gasteiger partial charge in [0, 0.05) is 23.7 Å². The Morgan fingerprint density at radius 3 is 2.70 bits per heavy atom. The molecule has 2 saturated carbocycles. The van der Waals surface area contributed by atoms with Gasteiger partial charge in [0.25, 0.3) is 0 Å². The maximum Gasteiger partial charge on any atom is 0.306 e. The fourth-order valence-electron chi connectivity index (χ4n) is 7.62. The van der Waals surface area contributed by atoms with Crippen molar-refractivity contribution in [3.63, 3.8) is 0 Å². The van der Waals surface area contributed by atoms with Crippen molar-refractivity contribution >= 4 is 5.97 Å². The Morgan fingerprint density at radius 1 is 1.12 bits per heavy atom. The Kier molecular flexibility index (Phi) is 7.40. The predicted molar refractivity (Wildman–Crippen MR) is 163 cm³/mol. The van der Waals surface area contributed by atoms with E-state index >= 15 is 4.39 Å². The van der Waals surface area contributed by atoms with Gasteiger partial charge in [-0.1, -0.05) is 43.7 Å². The number of aromatic nitrogens is 1. The zero-order valence-corrected chi connectivity index (χ0v) is 25.2. The fourth-order valence-corrected chi connectivity index (χ4v) is 7.62. The van der Waals surface area contributed by atoms with Crippen molar-refractivity contribution in [3.05, 3.63) is 76.6 Å². The molecule has 0 radical (unpaired) electrons. The highest BCUT2D eigenvalue weighted by molar-refractivity contribution is 5.71. The summed E-state index contributed by atoms with van der Waals surface area (Å²) in [7, 11) is 1.55. The number of pyridine rings is 1. The predicted octanol–water partition coefficient (Wildman–Crippen LogP) is 7.70. The largest absolute Gasteiger partial charge is 0.485 e. The van der Waals surface area contributed by atoms with Gasteiger partial charge in [-0.25, -0.2) is 9.37 Å². The first-order valence-electron chi connectivity index (χ1n) is 16.0. The highest BCUT2D eigenvalue weighted by Gasteiger charge is 2.48. The third-order valence-electron chi connectivity index (χ3n) is 10.4. The molecule has 1 unspecified atom stereocenters. The Hall–Kier alpha value is -3.45. The van der Waals surface area contributed by atoms with Crippen LogP contribution in [0.4, 0.5) is 4.39 Å². The van der Waals surface area contributed by atoms with E-state index in [1.807, 2.05) is 13.0 Å². The van der Waals surface area contributed by atoms with Crippen molar-refractivity contribution in [2.24, 2.45) is 11.8 Å². The molecule has 0 amide bonds. The minimum Gasteiger partial charge on any atom is -0.485 e. The first-order valence-corrected chi connectivity index (χ1v) is 16.0. The number of aliphatic carboxylic acids is 1. The third kappa shape index (κ3) is 5.52. The van der Waals surface area contributed by atoms with Gasteiger partial charge in [-0.05, 0) is 104 Å². The summed E-state index contributed by atoms with van der Waals surface area (Å²) in [6, 6.07) is 15.6. The monoisotopic (exact) mass is 584 g/mol. The SMILES string of the molecule is COc1ccc(F)c(-c2ccc(C3CCc4ccc([C@H](C5CC5)[C@H](C)C(=O)O)cc4O3)cc2CN2CCCCC23CC3)n1. The molecule has 3 aromatic rings. The molecule has 0 bridgehead atoms. The average molecular weight is 585 g/mol. The number of nitrogens with zero attached hydrogens (tertiary/aromatic N) is 2. The number of halogens is 1. The Labute approximate surface area is 253 Å². The molecule has 7 rings (SSSR count). The molecule has 43 heavy (non-hydrogen) atoms. The van der Waals surface area contributed by atoms with Crippen molar-refractivity contribution in [1.82, 2.24) is 9.88 Å². The number of carboxylic acid groups (broad SMARTS) is 1. The van der Waals surface area contributed by atoms with E-state index in [1.165, 1.54) is 43.7 Å². The van der Waals surface area contributed by atoms with Crippen LogP contribution in [0.25, 0.3) is 11.3 Å². The van der Waals surface area contributed by atoms with Crippen LogP contribution in [0.2, 0.25) is 0 Å². The van der Waals surface area contributed by atoms with E-state index in [-0.39, 0.29) is 17.8 Å². The van der Waals surface area contributed by atoms with Gasteiger partial charge in [0.2, 0.25) is 5.88 Å². The lowest BCUT2D eigenvalue weighted by Gasteiger charge is -2.37. The molecule has 1 aromatic heterocycles. The first kappa shape index (κ1) is 28.3. The number of carbonyl (C=O) groups is 1. The van der Waals surface area contributed by atoms with Crippen LogP contribution in [0.1, 0.15) is 92.6 Å². The number of fused-ring (bicyclic) bond motifs is 1. The van der Waals surface area contributed by atoms with Crippen LogP contribution in [0, 0.1) is 17.7 Å². The standard InChI is InChI=1S/C36H41FN2O4/c1-22(35(40)41)33(24-6-7-24)26-8-5-23-10-13-30(43-31(23)20-26)25-9-11-28(34-29(37)12-14-32(38-34)42-2)27(19-25)21-39-18-4-3-15-36(39)16-17-36/h5,8-9,11-12,14,19-20,22,24,30,33H,3-4,6-7,10,13,15-18,21H2,1-2H3,(H,40,41)/t22-,30?,33-/m0/s1. The summed E-state index contributed by atoms with van der Waals surface area (Å²) in [5.74, 6) is 0.144. The van der Waals surface area contributed by atoms with Crippen LogP contribution >= 0.6 is 0 Å². The molecule has 6 nitrogen and oxygen atoms in total. The highest BCUT2D eigenvalue weighted by atomic mass is 19.1. The molecule has 2 aliphatic carbocycles. The number of methoxy groups -OCH3 is 1. The van der Waals surface area contributed by atoms with Gasteiger partial charge >= 0.3 is 5.97 Å². The second-order valence-electron chi connectivity index (χ2n) is 13.2. The summed E-state index contributed by atoms with van der Waals surface area (Å²) in [5, 5.41) is 9.78. The quantitative estimate of drug-likeness (QED) is 0.278. The van der Waals surface area contributed by atoms with Crippen LogP contribution in [0.15, 0.2) is 48.5 Å². The second-order valence-corrected chi connectivity index (χ2v) is 13.2. The van der Waals surface area contributed by atoms with Crippen molar-refractivity contribution in [2.45, 2.75) is 88.8 Å². The molecule has 1 saturated heterocycles. The molecule has 2 aliphatic heterocycles. The summed E-state index contributed by atoms with van der Waals surface area (Å²) in [5.41, 5.74) is 5.80. The van der Waals surface area contributed by atoms with Gasteiger partial charge in [-0.3, -0.25) is 9.69 Å². The maximum atomic E-state index is 15.2. The minimum atomic E-state index is -0.746. The number of likely N-dealkylation sites (tertiary alicyclic amines) is 1. The van der Waals surface area contributed by atoms with Crippen LogP contribution in [0.3, 0.4) is 0 Å². The third-order valence-corrected chi connectivity index (χ3v) is 10.4. The molecule has 226 valence electrons. The normalized spacial score (nSPS) is 22.3. The number of ether oxygens (including phenoxy) is 2. The summed E-state index contributed by atoms with van der Waals surface area (Å²) >= 11 is 0. The van der Waals surface area contributed by atoms with Crippen molar-refractivity contribution in [1.29, 1.82) is 0 Å². The van der Waals surface area contributed by atoms with Gasteiger partial charge in [-0.15, -0.1) is 0 Å². The Bertz CT molecular complexity index is 1530. The number of piperidine rings is 1. The summed E-state index contributed by atoms with van der Waals surface area (Å²) < 4.78 is 27.2. The number of hydrogen-bond donors (Lipinski definition) is 1. The van der Waals surface area contributed by atoms with E-state index in [0.717, 1.165) is 66.8 Å². The van der Waals surface area contributed by atoms with Crippen molar-refractivity contribution < 1.29 is 23.8 Å². The fraction of sp³-hybridized carbons (Fsp3) is 0.500. The van der Waals surface area contributed by atoms with Crippen LogP contribution in [-0.2, 0) is 17.8 Å². The first-order chi connectivity index (χ1) is 20.8. The Morgan fingerprint density at radius 2 is 1.95 bits per heavy atom. The number of hydrogen-bond acceptors (Lipinski definition) is 5. The topological polar surface area (TPSA) is 71.9 Å². The van der Waals surface area contributed by atoms with E-state index in [4.69, 9.17) is 9.47 Å². The summed E-state index contributed by atoms with van der Waals surface area (Å²) in [6.07, 6.45) is 9.95. The lowest BCUT2D eigenvalue weighted by atomic mass is 9.82. The molecule has 1 spiro atoms. The summed E-state index contributed by atoms with van der Waals surface area (Å²) in [4.78, 5) is 19.0. The molecule has 4 aliphatic rings. The van der Waals surface area contributed by atoms with Crippen LogP contribution in [0.5, 0.6) is 11.6 Å². The lowest BCUT2D eigenvalue weighted by molar-refractivity contribution is -0.142. The van der Waals surface area contributed by atoms with Gasteiger partial charge < -0.3 is 14.6 Å². The van der Waals surface area contributed by atoms with Gasteiger partial charge in [-0.2, -0.15) is 0 Å².